The molecule has 0 amide bonds. The molecular weight excluding hydrogens is 302 g/mol. The highest BCUT2D eigenvalue weighted by atomic mass is 79.9. The van der Waals surface area contributed by atoms with Crippen LogP contribution >= 0.6 is 15.9 Å². The molecule has 0 saturated heterocycles. The van der Waals surface area contributed by atoms with Gasteiger partial charge in [-0.15, -0.1) is 0 Å². The third kappa shape index (κ3) is 3.09. The lowest BCUT2D eigenvalue weighted by atomic mass is 10.2. The molecule has 1 aliphatic rings. The summed E-state index contributed by atoms with van der Waals surface area (Å²) in [5.41, 5.74) is 0.777. The van der Waals surface area contributed by atoms with Crippen LogP contribution in [0.4, 0.5) is 0 Å². The Kier molecular flexibility index (Phi) is 3.90. The minimum atomic E-state index is -3.38. The van der Waals surface area contributed by atoms with E-state index >= 15 is 0 Å². The average molecular weight is 318 g/mol. The Labute approximate surface area is 111 Å². The number of benzene rings is 1. The molecule has 0 unspecified atom stereocenters. The first kappa shape index (κ1) is 13.1. The second kappa shape index (κ2) is 5.08. The molecule has 17 heavy (non-hydrogen) atoms. The number of hydrogen-bond acceptors (Lipinski definition) is 2. The average Bonchev–Trinajstić information content (AvgIpc) is 2.73. The van der Waals surface area contributed by atoms with Gasteiger partial charge < -0.3 is 0 Å². The maximum Gasteiger partial charge on any atom is 0.241 e. The molecule has 0 aliphatic heterocycles. The van der Waals surface area contributed by atoms with Crippen molar-refractivity contribution in [1.29, 1.82) is 0 Å². The molecule has 0 spiro atoms. The van der Waals surface area contributed by atoms with E-state index < -0.39 is 10.0 Å². The van der Waals surface area contributed by atoms with Crippen molar-refractivity contribution in [2.24, 2.45) is 0 Å². The van der Waals surface area contributed by atoms with E-state index in [9.17, 15) is 8.42 Å². The fourth-order valence-electron chi connectivity index (χ4n) is 2.19. The summed E-state index contributed by atoms with van der Waals surface area (Å²) < 4.78 is 28.0. The monoisotopic (exact) mass is 317 g/mol. The van der Waals surface area contributed by atoms with E-state index in [0.29, 0.717) is 4.90 Å². The summed E-state index contributed by atoms with van der Waals surface area (Å²) in [6, 6.07) is 5.43. The van der Waals surface area contributed by atoms with Gasteiger partial charge in [-0.3, -0.25) is 0 Å². The van der Waals surface area contributed by atoms with Gasteiger partial charge in [0, 0.05) is 10.5 Å². The van der Waals surface area contributed by atoms with E-state index in [1.54, 1.807) is 6.07 Å². The lowest BCUT2D eigenvalue weighted by Gasteiger charge is -2.14. The number of rotatable bonds is 3. The largest absolute Gasteiger partial charge is 0.241 e. The normalized spacial score (nSPS) is 17.5. The Bertz CT molecular complexity index is 507. The fourth-order valence-corrected chi connectivity index (χ4v) is 4.28. The highest BCUT2D eigenvalue weighted by molar-refractivity contribution is 9.10. The van der Waals surface area contributed by atoms with Gasteiger partial charge in [-0.1, -0.05) is 34.8 Å². The standard InChI is InChI=1S/C12H16BrNO2S/c1-9-6-7-10(13)8-12(9)17(15,16)14-11-4-2-3-5-11/h6-8,11,14H,2-5H2,1H3. The molecule has 0 atom stereocenters. The Morgan fingerprint density at radius 3 is 2.59 bits per heavy atom. The summed E-state index contributed by atoms with van der Waals surface area (Å²) in [6.45, 7) is 1.82. The van der Waals surface area contributed by atoms with Crippen LogP contribution in [-0.2, 0) is 10.0 Å². The topological polar surface area (TPSA) is 46.2 Å². The summed E-state index contributed by atoms with van der Waals surface area (Å²) >= 11 is 3.31. The third-order valence-corrected chi connectivity index (χ3v) is 5.27. The Morgan fingerprint density at radius 2 is 1.94 bits per heavy atom. The van der Waals surface area contributed by atoms with Crippen LogP contribution in [0.5, 0.6) is 0 Å². The summed E-state index contributed by atoms with van der Waals surface area (Å²) in [7, 11) is -3.38. The zero-order chi connectivity index (χ0) is 12.5. The number of nitrogens with one attached hydrogen (secondary N) is 1. The highest BCUT2D eigenvalue weighted by Gasteiger charge is 2.24. The van der Waals surface area contributed by atoms with E-state index in [1.807, 2.05) is 19.1 Å². The summed E-state index contributed by atoms with van der Waals surface area (Å²) in [6.07, 6.45) is 4.13. The van der Waals surface area contributed by atoms with Gasteiger partial charge >= 0.3 is 0 Å². The SMILES string of the molecule is Cc1ccc(Br)cc1S(=O)(=O)NC1CCCC1. The van der Waals surface area contributed by atoms with Crippen LogP contribution in [0.2, 0.25) is 0 Å². The van der Waals surface area contributed by atoms with Crippen molar-refractivity contribution in [2.75, 3.05) is 0 Å². The Hall–Kier alpha value is -0.390. The second-order valence-corrected chi connectivity index (χ2v) is 7.11. The molecule has 1 fully saturated rings. The molecule has 0 aromatic heterocycles. The van der Waals surface area contributed by atoms with E-state index in [1.165, 1.54) is 0 Å². The number of hydrogen-bond donors (Lipinski definition) is 1. The van der Waals surface area contributed by atoms with Gasteiger partial charge in [-0.25, -0.2) is 13.1 Å². The van der Waals surface area contributed by atoms with E-state index in [2.05, 4.69) is 20.7 Å². The van der Waals surface area contributed by atoms with Gasteiger partial charge in [0.15, 0.2) is 0 Å². The van der Waals surface area contributed by atoms with Gasteiger partial charge in [0.25, 0.3) is 0 Å². The first-order chi connectivity index (χ1) is 7.99. The van der Waals surface area contributed by atoms with Gasteiger partial charge in [0.1, 0.15) is 0 Å². The Balaban J connectivity index is 2.27. The van der Waals surface area contributed by atoms with Crippen molar-refractivity contribution in [3.8, 4) is 0 Å². The van der Waals surface area contributed by atoms with E-state index in [4.69, 9.17) is 0 Å². The molecule has 1 aromatic carbocycles. The molecule has 3 nitrogen and oxygen atoms in total. The lowest BCUT2D eigenvalue weighted by molar-refractivity contribution is 0.551. The minimum Gasteiger partial charge on any atom is -0.208 e. The van der Waals surface area contributed by atoms with Crippen molar-refractivity contribution in [3.05, 3.63) is 28.2 Å². The first-order valence-electron chi connectivity index (χ1n) is 5.77. The number of halogens is 1. The molecule has 0 bridgehead atoms. The van der Waals surface area contributed by atoms with E-state index in [0.717, 1.165) is 35.7 Å². The van der Waals surface area contributed by atoms with Crippen molar-refractivity contribution in [3.63, 3.8) is 0 Å². The highest BCUT2D eigenvalue weighted by Crippen LogP contribution is 2.23. The quantitative estimate of drug-likeness (QED) is 0.931. The summed E-state index contributed by atoms with van der Waals surface area (Å²) in [4.78, 5) is 0.374. The molecule has 1 saturated carbocycles. The fraction of sp³-hybridized carbons (Fsp3) is 0.500. The van der Waals surface area contributed by atoms with Crippen LogP contribution in [-0.4, -0.2) is 14.5 Å². The number of aryl methyl sites for hydroxylation is 1. The number of sulfonamides is 1. The van der Waals surface area contributed by atoms with Crippen LogP contribution in [0, 0.1) is 6.92 Å². The predicted octanol–water partition coefficient (Wildman–Crippen LogP) is 2.98. The van der Waals surface area contributed by atoms with Crippen molar-refractivity contribution in [1.82, 2.24) is 4.72 Å². The van der Waals surface area contributed by atoms with Crippen molar-refractivity contribution < 1.29 is 8.42 Å². The molecule has 2 rings (SSSR count). The maximum absolute atomic E-state index is 12.2. The zero-order valence-electron chi connectivity index (χ0n) is 9.74. The molecule has 5 heteroatoms. The molecule has 0 radical (unpaired) electrons. The van der Waals surface area contributed by atoms with Gasteiger partial charge in [-0.2, -0.15) is 0 Å². The van der Waals surface area contributed by atoms with E-state index in [-0.39, 0.29) is 6.04 Å². The molecule has 0 heterocycles. The smallest absolute Gasteiger partial charge is 0.208 e. The molecule has 94 valence electrons. The van der Waals surface area contributed by atoms with Crippen LogP contribution in [0.1, 0.15) is 31.2 Å². The summed E-state index contributed by atoms with van der Waals surface area (Å²) in [5, 5.41) is 0. The van der Waals surface area contributed by atoms with Gasteiger partial charge in [-0.05, 0) is 37.5 Å². The maximum atomic E-state index is 12.2. The second-order valence-electron chi connectivity index (χ2n) is 4.51. The first-order valence-corrected chi connectivity index (χ1v) is 8.05. The predicted molar refractivity (Wildman–Crippen MR) is 71.5 cm³/mol. The molecule has 1 aromatic rings. The van der Waals surface area contributed by atoms with Crippen molar-refractivity contribution in [2.45, 2.75) is 43.5 Å². The van der Waals surface area contributed by atoms with Gasteiger partial charge in [0.2, 0.25) is 10.0 Å². The molecule has 1 aliphatic carbocycles. The van der Waals surface area contributed by atoms with Gasteiger partial charge in [0.05, 0.1) is 4.90 Å². The van der Waals surface area contributed by atoms with Crippen LogP contribution in [0.25, 0.3) is 0 Å². The molecular formula is C12H16BrNO2S. The van der Waals surface area contributed by atoms with Crippen molar-refractivity contribution >= 4 is 26.0 Å². The van der Waals surface area contributed by atoms with Crippen LogP contribution in [0.3, 0.4) is 0 Å². The van der Waals surface area contributed by atoms with Crippen LogP contribution < -0.4 is 4.72 Å². The molecule has 1 N–H and O–H groups in total. The Morgan fingerprint density at radius 1 is 1.29 bits per heavy atom. The third-order valence-electron chi connectivity index (χ3n) is 3.12. The lowest BCUT2D eigenvalue weighted by Crippen LogP contribution is -2.33. The zero-order valence-corrected chi connectivity index (χ0v) is 12.1. The minimum absolute atomic E-state index is 0.110. The van der Waals surface area contributed by atoms with Crippen LogP contribution in [0.15, 0.2) is 27.6 Å². The summed E-state index contributed by atoms with van der Waals surface area (Å²) in [5.74, 6) is 0.